The van der Waals surface area contributed by atoms with Crippen molar-refractivity contribution in [2.75, 3.05) is 44.1 Å². The Morgan fingerprint density at radius 3 is 2.31 bits per heavy atom. The predicted octanol–water partition coefficient (Wildman–Crippen LogP) is 6.99. The number of rotatable bonds is 6. The molecule has 9 nitrogen and oxygen atoms in total. The second-order valence-electron chi connectivity index (χ2n) is 12.9. The lowest BCUT2D eigenvalue weighted by Gasteiger charge is -2.45. The molecule has 2 aliphatic heterocycles. The molecule has 1 fully saturated rings. The van der Waals surface area contributed by atoms with Crippen molar-refractivity contribution in [2.45, 2.75) is 76.0 Å². The molecule has 48 heavy (non-hydrogen) atoms. The third-order valence-electron chi connectivity index (χ3n) is 8.05. The van der Waals surface area contributed by atoms with Crippen LogP contribution in [0.5, 0.6) is 0 Å². The fourth-order valence-corrected chi connectivity index (χ4v) is 7.59. The van der Waals surface area contributed by atoms with Crippen LogP contribution in [-0.4, -0.2) is 83.5 Å². The number of anilines is 1. The zero-order valence-corrected chi connectivity index (χ0v) is 28.8. The van der Waals surface area contributed by atoms with Gasteiger partial charge in [-0.3, -0.25) is 9.47 Å². The summed E-state index contributed by atoms with van der Waals surface area (Å²) in [5.74, 6) is -2.29. The molecule has 0 bridgehead atoms. The molecular weight excluding hydrogens is 683 g/mol. The summed E-state index contributed by atoms with van der Waals surface area (Å²) in [5.41, 5.74) is -3.74. The van der Waals surface area contributed by atoms with Crippen molar-refractivity contribution in [1.29, 1.82) is 0 Å². The van der Waals surface area contributed by atoms with E-state index in [-0.39, 0.29) is 60.2 Å². The first-order chi connectivity index (χ1) is 22.4. The zero-order chi connectivity index (χ0) is 35.3. The highest BCUT2D eigenvalue weighted by Crippen LogP contribution is 2.49. The van der Waals surface area contributed by atoms with Gasteiger partial charge in [-0.05, 0) is 46.8 Å². The minimum atomic E-state index is -5.01. The number of methoxy groups -OCH3 is 1. The highest BCUT2D eigenvalue weighted by atomic mass is 35.5. The molecule has 0 N–H and O–H groups in total. The van der Waals surface area contributed by atoms with Gasteiger partial charge in [-0.25, -0.2) is 18.4 Å². The van der Waals surface area contributed by atoms with Gasteiger partial charge in [-0.15, -0.1) is 11.8 Å². The maximum Gasteiger partial charge on any atom is 0.417 e. The van der Waals surface area contributed by atoms with Gasteiger partial charge in [0.2, 0.25) is 0 Å². The van der Waals surface area contributed by atoms with Crippen molar-refractivity contribution in [3.63, 3.8) is 0 Å². The van der Waals surface area contributed by atoms with Crippen LogP contribution in [0.4, 0.5) is 32.6 Å². The number of thioether (sulfide) groups is 1. The van der Waals surface area contributed by atoms with Crippen molar-refractivity contribution >= 4 is 46.2 Å². The lowest BCUT2D eigenvalue weighted by molar-refractivity contribution is -0.137. The molecule has 2 aromatic carbocycles. The number of hydrogen-bond donors (Lipinski definition) is 0. The van der Waals surface area contributed by atoms with Crippen molar-refractivity contribution < 1.29 is 41.0 Å². The maximum absolute atomic E-state index is 15.4. The molecule has 3 heterocycles. The van der Waals surface area contributed by atoms with E-state index in [2.05, 4.69) is 4.98 Å². The number of amides is 1. The highest BCUT2D eigenvalue weighted by molar-refractivity contribution is 7.99. The average molecular weight is 719 g/mol. The van der Waals surface area contributed by atoms with Gasteiger partial charge in [0.15, 0.2) is 0 Å². The summed E-state index contributed by atoms with van der Waals surface area (Å²) in [4.78, 5) is 34.4. The molecule has 5 rings (SSSR count). The second kappa shape index (κ2) is 13.6. The monoisotopic (exact) mass is 718 g/mol. The molecule has 1 aromatic heterocycles. The SMILES string of the molecule is COCCO[C@H]1CSc2c(-c3cc(Cl)c(F)cc3F)c(C(F)(F)F)cc3c(N4C[C@@H](C)N(C(=O)OC(C)(C)C)[C@@H](C)C4)nc(=O)n(c23)C1. The summed E-state index contributed by atoms with van der Waals surface area (Å²) in [6.07, 6.45) is -6.20. The fourth-order valence-electron chi connectivity index (χ4n) is 6.15. The molecule has 3 aromatic rings. The molecule has 3 atom stereocenters. The van der Waals surface area contributed by atoms with E-state index in [0.29, 0.717) is 6.07 Å². The number of alkyl halides is 3. The van der Waals surface area contributed by atoms with E-state index in [4.69, 9.17) is 25.8 Å². The van der Waals surface area contributed by atoms with E-state index in [1.165, 1.54) is 11.7 Å². The zero-order valence-electron chi connectivity index (χ0n) is 27.2. The van der Waals surface area contributed by atoms with Crippen molar-refractivity contribution in [1.82, 2.24) is 14.5 Å². The number of nitrogens with zero attached hydrogens (tertiary/aromatic N) is 4. The number of halogens is 6. The number of benzene rings is 2. The molecule has 0 unspecified atom stereocenters. The molecule has 0 saturated carbocycles. The molecule has 16 heteroatoms. The van der Waals surface area contributed by atoms with Crippen LogP contribution in [0.25, 0.3) is 22.0 Å². The van der Waals surface area contributed by atoms with Gasteiger partial charge in [-0.2, -0.15) is 18.2 Å². The van der Waals surface area contributed by atoms with E-state index in [0.717, 1.165) is 23.9 Å². The maximum atomic E-state index is 15.4. The first-order valence-electron chi connectivity index (χ1n) is 15.2. The minimum Gasteiger partial charge on any atom is -0.444 e. The first-order valence-corrected chi connectivity index (χ1v) is 16.6. The molecule has 1 amide bonds. The Kier molecular flexibility index (Phi) is 10.3. The summed E-state index contributed by atoms with van der Waals surface area (Å²) in [6, 6.07) is 1.17. The Balaban J connectivity index is 1.74. The van der Waals surface area contributed by atoms with Crippen LogP contribution in [0.3, 0.4) is 0 Å². The molecule has 1 saturated heterocycles. The summed E-state index contributed by atoms with van der Waals surface area (Å²) >= 11 is 6.93. The number of hydrogen-bond acceptors (Lipinski definition) is 8. The van der Waals surface area contributed by atoms with Crippen molar-refractivity contribution in [3.8, 4) is 11.1 Å². The molecule has 0 aliphatic carbocycles. The van der Waals surface area contributed by atoms with Crippen LogP contribution < -0.4 is 10.6 Å². The third-order valence-corrected chi connectivity index (χ3v) is 9.56. The normalized spacial score (nSPS) is 20.3. The number of piperazine rings is 1. The Labute approximate surface area is 283 Å². The number of aromatic nitrogens is 2. The van der Waals surface area contributed by atoms with E-state index < -0.39 is 75.1 Å². The number of carbonyl (C=O) groups is 1. The van der Waals surface area contributed by atoms with Crippen LogP contribution in [0.2, 0.25) is 5.02 Å². The highest BCUT2D eigenvalue weighted by Gasteiger charge is 2.41. The number of ether oxygens (including phenoxy) is 3. The summed E-state index contributed by atoms with van der Waals surface area (Å²) in [7, 11) is 1.49. The van der Waals surface area contributed by atoms with Gasteiger partial charge in [0, 0.05) is 53.4 Å². The van der Waals surface area contributed by atoms with E-state index in [9.17, 15) is 14.0 Å². The predicted molar refractivity (Wildman–Crippen MR) is 173 cm³/mol. The number of carbonyl (C=O) groups excluding carboxylic acids is 1. The van der Waals surface area contributed by atoms with E-state index >= 15 is 17.6 Å². The minimum absolute atomic E-state index is 0.00412. The van der Waals surface area contributed by atoms with Crippen LogP contribution in [-0.2, 0) is 26.9 Å². The van der Waals surface area contributed by atoms with Gasteiger partial charge < -0.3 is 19.1 Å². The smallest absolute Gasteiger partial charge is 0.417 e. The van der Waals surface area contributed by atoms with Gasteiger partial charge in [0.25, 0.3) is 0 Å². The Bertz CT molecular complexity index is 1770. The van der Waals surface area contributed by atoms with Gasteiger partial charge >= 0.3 is 18.0 Å². The lowest BCUT2D eigenvalue weighted by Crippen LogP contribution is -2.59. The average Bonchev–Trinajstić information content (AvgIpc) is 3.16. The van der Waals surface area contributed by atoms with Gasteiger partial charge in [0.1, 0.15) is 23.1 Å². The van der Waals surface area contributed by atoms with Crippen molar-refractivity contribution in [2.24, 2.45) is 0 Å². The quantitative estimate of drug-likeness (QED) is 0.153. The largest absolute Gasteiger partial charge is 0.444 e. The topological polar surface area (TPSA) is 86.1 Å². The van der Waals surface area contributed by atoms with E-state index in [1.807, 2.05) is 0 Å². The van der Waals surface area contributed by atoms with Crippen LogP contribution in [0, 0.1) is 11.6 Å². The molecule has 2 aliphatic rings. The standard InChI is InChI=1S/C32H36ClF5N4O5S/c1-16-12-40(13-17(2)42(16)30(44)47-31(3,4)5)28-20-9-21(32(36,37)38)25(19-10-22(33)24(35)11-23(19)34)27-26(20)41(29(43)39-28)14-18(15-48-27)46-8-7-45-6/h9-11,16-18H,7-8,12-15H2,1-6H3/t16-,17+,18-/m1/s1. The van der Waals surface area contributed by atoms with Gasteiger partial charge in [0.05, 0.1) is 54.0 Å². The molecular formula is C32H36ClF5N4O5S. The fraction of sp³-hybridized carbons (Fsp3) is 0.531. The Hall–Kier alpha value is -3.14. The summed E-state index contributed by atoms with van der Waals surface area (Å²) < 4.78 is 92.4. The molecule has 0 spiro atoms. The first kappa shape index (κ1) is 36.1. The van der Waals surface area contributed by atoms with Crippen LogP contribution in [0.1, 0.15) is 40.2 Å². The lowest BCUT2D eigenvalue weighted by atomic mass is 9.95. The summed E-state index contributed by atoms with van der Waals surface area (Å²) in [5, 5.41) is -0.561. The van der Waals surface area contributed by atoms with Crippen LogP contribution in [0.15, 0.2) is 27.9 Å². The Morgan fingerprint density at radius 1 is 1.04 bits per heavy atom. The molecule has 262 valence electrons. The Morgan fingerprint density at radius 2 is 1.71 bits per heavy atom. The summed E-state index contributed by atoms with van der Waals surface area (Å²) in [6.45, 7) is 9.38. The van der Waals surface area contributed by atoms with Crippen molar-refractivity contribution in [3.05, 3.63) is 50.9 Å². The van der Waals surface area contributed by atoms with Gasteiger partial charge in [-0.1, -0.05) is 11.6 Å². The third kappa shape index (κ3) is 7.24. The van der Waals surface area contributed by atoms with E-state index in [1.54, 1.807) is 44.4 Å². The second-order valence-corrected chi connectivity index (χ2v) is 14.3. The van der Waals surface area contributed by atoms with Crippen LogP contribution >= 0.6 is 23.4 Å². The molecule has 0 radical (unpaired) electrons.